The van der Waals surface area contributed by atoms with Crippen LogP contribution in [0.1, 0.15) is 30.4 Å². The first-order chi connectivity index (χ1) is 12.0. The van der Waals surface area contributed by atoms with Crippen LogP contribution < -0.4 is 10.2 Å². The Morgan fingerprint density at radius 1 is 1.40 bits per heavy atom. The fourth-order valence-corrected chi connectivity index (χ4v) is 4.73. The zero-order chi connectivity index (χ0) is 17.6. The van der Waals surface area contributed by atoms with E-state index < -0.39 is 11.4 Å². The predicted molar refractivity (Wildman–Crippen MR) is 99.1 cm³/mol. The van der Waals surface area contributed by atoms with E-state index in [2.05, 4.69) is 41.2 Å². The number of hydrogen-bond acceptors (Lipinski definition) is 4. The van der Waals surface area contributed by atoms with Crippen molar-refractivity contribution in [3.05, 3.63) is 35.5 Å². The molecule has 2 aromatic rings. The molecule has 1 aromatic heterocycles. The molecule has 2 N–H and O–H groups in total. The van der Waals surface area contributed by atoms with Crippen LogP contribution in [0.2, 0.25) is 0 Å². The van der Waals surface area contributed by atoms with Gasteiger partial charge in [0.05, 0.1) is 5.52 Å². The summed E-state index contributed by atoms with van der Waals surface area (Å²) in [5, 5.41) is 14.6. The van der Waals surface area contributed by atoms with Crippen molar-refractivity contribution in [1.82, 2.24) is 10.3 Å². The summed E-state index contributed by atoms with van der Waals surface area (Å²) in [5.41, 5.74) is 3.81. The standard InChI is InChI=1S/C20H25N3O2/c1-13-10-14(2)18-15(11-13)16(4-8-22-18)23-9-5-17-20(12-23,19(24)25)6-3-7-21-17/h4,8,10-11,17,21H,3,5-7,9,12H2,1-2H3,(H,24,25)/t17-,20+/m1/s1. The van der Waals surface area contributed by atoms with E-state index in [9.17, 15) is 9.90 Å². The van der Waals surface area contributed by atoms with Gasteiger partial charge in [-0.1, -0.05) is 11.6 Å². The maximum absolute atomic E-state index is 12.2. The molecule has 2 atom stereocenters. The molecule has 2 aliphatic rings. The number of carboxylic acids is 1. The number of piperidine rings is 2. The highest BCUT2D eigenvalue weighted by Crippen LogP contribution is 2.41. The number of rotatable bonds is 2. The van der Waals surface area contributed by atoms with Gasteiger partial charge >= 0.3 is 5.97 Å². The van der Waals surface area contributed by atoms with Gasteiger partial charge in [0.25, 0.3) is 0 Å². The summed E-state index contributed by atoms with van der Waals surface area (Å²) in [5.74, 6) is -0.667. The number of nitrogens with one attached hydrogen (secondary N) is 1. The normalized spacial score (nSPS) is 26.5. The first kappa shape index (κ1) is 16.3. The fourth-order valence-electron chi connectivity index (χ4n) is 4.73. The van der Waals surface area contributed by atoms with Gasteiger partial charge in [-0.05, 0) is 57.4 Å². The van der Waals surface area contributed by atoms with Crippen LogP contribution in [-0.4, -0.2) is 41.7 Å². The number of hydrogen-bond donors (Lipinski definition) is 2. The average molecular weight is 339 g/mol. The van der Waals surface area contributed by atoms with Crippen molar-refractivity contribution in [2.75, 3.05) is 24.5 Å². The highest BCUT2D eigenvalue weighted by molar-refractivity contribution is 5.94. The highest BCUT2D eigenvalue weighted by Gasteiger charge is 2.50. The molecule has 0 unspecified atom stereocenters. The molecule has 0 radical (unpaired) electrons. The molecule has 0 amide bonds. The average Bonchev–Trinajstić information content (AvgIpc) is 2.60. The van der Waals surface area contributed by atoms with Crippen molar-refractivity contribution < 1.29 is 9.90 Å². The quantitative estimate of drug-likeness (QED) is 0.881. The van der Waals surface area contributed by atoms with Gasteiger partial charge in [0.1, 0.15) is 5.41 Å². The van der Waals surface area contributed by atoms with Crippen LogP contribution >= 0.6 is 0 Å². The minimum Gasteiger partial charge on any atom is -0.481 e. The van der Waals surface area contributed by atoms with Gasteiger partial charge in [0.15, 0.2) is 0 Å². The van der Waals surface area contributed by atoms with Crippen LogP contribution in [0.5, 0.6) is 0 Å². The molecule has 3 heterocycles. The molecule has 5 heteroatoms. The second kappa shape index (κ2) is 5.99. The smallest absolute Gasteiger partial charge is 0.313 e. The van der Waals surface area contributed by atoms with Gasteiger partial charge < -0.3 is 15.3 Å². The molecule has 0 bridgehead atoms. The van der Waals surface area contributed by atoms with Crippen LogP contribution in [-0.2, 0) is 4.79 Å². The Balaban J connectivity index is 1.78. The molecule has 0 saturated carbocycles. The lowest BCUT2D eigenvalue weighted by atomic mass is 9.70. The molecule has 25 heavy (non-hydrogen) atoms. The van der Waals surface area contributed by atoms with E-state index in [-0.39, 0.29) is 6.04 Å². The van der Waals surface area contributed by atoms with E-state index in [1.807, 2.05) is 12.3 Å². The Hall–Kier alpha value is -2.14. The van der Waals surface area contributed by atoms with Crippen molar-refractivity contribution in [3.8, 4) is 0 Å². The number of anilines is 1. The molecule has 132 valence electrons. The number of nitrogens with zero attached hydrogens (tertiary/aromatic N) is 2. The van der Waals surface area contributed by atoms with Crippen molar-refractivity contribution in [2.45, 2.75) is 39.2 Å². The number of carboxylic acid groups (broad SMARTS) is 1. The summed E-state index contributed by atoms with van der Waals surface area (Å²) in [6.07, 6.45) is 4.38. The number of carbonyl (C=O) groups is 1. The summed E-state index contributed by atoms with van der Waals surface area (Å²) >= 11 is 0. The van der Waals surface area contributed by atoms with E-state index in [1.165, 1.54) is 11.1 Å². The Bertz CT molecular complexity index is 835. The second-order valence-electron chi connectivity index (χ2n) is 7.59. The summed E-state index contributed by atoms with van der Waals surface area (Å²) in [6.45, 7) is 6.54. The van der Waals surface area contributed by atoms with E-state index in [0.717, 1.165) is 48.9 Å². The Morgan fingerprint density at radius 2 is 2.24 bits per heavy atom. The van der Waals surface area contributed by atoms with Gasteiger partial charge in [-0.2, -0.15) is 0 Å². The number of benzene rings is 1. The van der Waals surface area contributed by atoms with E-state index >= 15 is 0 Å². The summed E-state index contributed by atoms with van der Waals surface area (Å²) in [4.78, 5) is 19.0. The van der Waals surface area contributed by atoms with E-state index in [0.29, 0.717) is 6.54 Å². The molecular formula is C20H25N3O2. The monoisotopic (exact) mass is 339 g/mol. The summed E-state index contributed by atoms with van der Waals surface area (Å²) < 4.78 is 0. The summed E-state index contributed by atoms with van der Waals surface area (Å²) in [6, 6.07) is 6.43. The zero-order valence-corrected chi connectivity index (χ0v) is 14.9. The Labute approximate surface area is 148 Å². The van der Waals surface area contributed by atoms with Gasteiger partial charge in [0, 0.05) is 36.4 Å². The third kappa shape index (κ3) is 2.58. The number of pyridine rings is 1. The molecule has 2 fully saturated rings. The Morgan fingerprint density at radius 3 is 3.04 bits per heavy atom. The van der Waals surface area contributed by atoms with Crippen LogP contribution in [0.3, 0.4) is 0 Å². The molecule has 0 aliphatic carbocycles. The van der Waals surface area contributed by atoms with Crippen LogP contribution in [0, 0.1) is 19.3 Å². The molecule has 4 rings (SSSR count). The maximum atomic E-state index is 12.2. The molecule has 2 aliphatic heterocycles. The molecule has 0 spiro atoms. The minimum atomic E-state index is -0.690. The molecule has 2 saturated heterocycles. The van der Waals surface area contributed by atoms with Crippen molar-refractivity contribution in [1.29, 1.82) is 0 Å². The SMILES string of the molecule is Cc1cc(C)c2nccc(N3CC[C@H]4NCCC[C@]4(C(=O)O)C3)c2c1. The van der Waals surface area contributed by atoms with E-state index in [4.69, 9.17) is 0 Å². The second-order valence-corrected chi connectivity index (χ2v) is 7.59. The number of fused-ring (bicyclic) bond motifs is 2. The molecule has 1 aromatic carbocycles. The topological polar surface area (TPSA) is 65.5 Å². The lowest BCUT2D eigenvalue weighted by molar-refractivity contribution is -0.153. The molecular weight excluding hydrogens is 314 g/mol. The third-order valence-electron chi connectivity index (χ3n) is 5.94. The van der Waals surface area contributed by atoms with Crippen molar-refractivity contribution in [2.24, 2.45) is 5.41 Å². The first-order valence-electron chi connectivity index (χ1n) is 9.09. The fraction of sp³-hybridized carbons (Fsp3) is 0.500. The third-order valence-corrected chi connectivity index (χ3v) is 5.94. The largest absolute Gasteiger partial charge is 0.481 e. The Kier molecular flexibility index (Phi) is 3.91. The van der Waals surface area contributed by atoms with Crippen LogP contribution in [0.4, 0.5) is 5.69 Å². The van der Waals surface area contributed by atoms with Gasteiger partial charge in [-0.15, -0.1) is 0 Å². The number of aliphatic carboxylic acids is 1. The minimum absolute atomic E-state index is 0.0755. The lowest BCUT2D eigenvalue weighted by Gasteiger charge is -2.49. The van der Waals surface area contributed by atoms with Gasteiger partial charge in [0.2, 0.25) is 0 Å². The van der Waals surface area contributed by atoms with Crippen LogP contribution in [0.25, 0.3) is 10.9 Å². The lowest BCUT2D eigenvalue weighted by Crippen LogP contribution is -2.63. The van der Waals surface area contributed by atoms with E-state index in [1.54, 1.807) is 0 Å². The van der Waals surface area contributed by atoms with Crippen LogP contribution in [0.15, 0.2) is 24.4 Å². The van der Waals surface area contributed by atoms with Crippen molar-refractivity contribution >= 4 is 22.6 Å². The number of aryl methyl sites for hydroxylation is 2. The van der Waals surface area contributed by atoms with Crippen molar-refractivity contribution in [3.63, 3.8) is 0 Å². The molecule has 5 nitrogen and oxygen atoms in total. The summed E-state index contributed by atoms with van der Waals surface area (Å²) in [7, 11) is 0. The maximum Gasteiger partial charge on any atom is 0.313 e. The van der Waals surface area contributed by atoms with Gasteiger partial charge in [-0.3, -0.25) is 9.78 Å². The predicted octanol–water partition coefficient (Wildman–Crippen LogP) is 2.88. The zero-order valence-electron chi connectivity index (χ0n) is 14.9. The number of aromatic nitrogens is 1. The first-order valence-corrected chi connectivity index (χ1v) is 9.09. The highest BCUT2D eigenvalue weighted by atomic mass is 16.4. The van der Waals surface area contributed by atoms with Gasteiger partial charge in [-0.25, -0.2) is 0 Å².